The summed E-state index contributed by atoms with van der Waals surface area (Å²) in [5.74, 6) is 0. The first-order valence-corrected chi connectivity index (χ1v) is 6.38. The van der Waals surface area contributed by atoms with Gasteiger partial charge in [0.2, 0.25) is 0 Å². The van der Waals surface area contributed by atoms with Gasteiger partial charge in [-0.25, -0.2) is 0 Å². The van der Waals surface area contributed by atoms with Gasteiger partial charge in [-0.05, 0) is 39.7 Å². The highest BCUT2D eigenvalue weighted by Crippen LogP contribution is 2.19. The summed E-state index contributed by atoms with van der Waals surface area (Å²) in [4.78, 5) is 6.29. The molecule has 0 atom stereocenters. The van der Waals surface area contributed by atoms with Gasteiger partial charge in [-0.3, -0.25) is 4.98 Å². The topological polar surface area (TPSA) is 16.1 Å². The minimum absolute atomic E-state index is 0.764. The first-order chi connectivity index (χ1) is 8.15. The second-order valence-corrected chi connectivity index (χ2v) is 5.20. The van der Waals surface area contributed by atoms with Crippen LogP contribution < -0.4 is 4.90 Å². The third kappa shape index (κ3) is 3.45. The molecule has 0 fully saturated rings. The Kier molecular flexibility index (Phi) is 4.02. The molecule has 0 radical (unpaired) electrons. The van der Waals surface area contributed by atoms with Crippen molar-refractivity contribution in [3.8, 4) is 0 Å². The summed E-state index contributed by atoms with van der Waals surface area (Å²) in [7, 11) is 2.04. The van der Waals surface area contributed by atoms with Crippen LogP contribution in [-0.4, -0.2) is 12.0 Å². The molecular formula is C13H12BrClN2. The van der Waals surface area contributed by atoms with Crippen LogP contribution in [0.5, 0.6) is 0 Å². The van der Waals surface area contributed by atoms with Crippen LogP contribution in [0.1, 0.15) is 5.56 Å². The van der Waals surface area contributed by atoms with E-state index in [1.54, 1.807) is 6.20 Å². The van der Waals surface area contributed by atoms with E-state index in [1.807, 2.05) is 43.6 Å². The van der Waals surface area contributed by atoms with E-state index in [2.05, 4.69) is 25.8 Å². The first kappa shape index (κ1) is 12.4. The molecule has 1 aromatic heterocycles. The summed E-state index contributed by atoms with van der Waals surface area (Å²) in [5, 5.41) is 0.764. The lowest BCUT2D eigenvalue weighted by Crippen LogP contribution is -2.16. The maximum atomic E-state index is 5.86. The van der Waals surface area contributed by atoms with E-state index in [9.17, 15) is 0 Å². The average molecular weight is 312 g/mol. The van der Waals surface area contributed by atoms with E-state index in [1.165, 1.54) is 5.56 Å². The van der Waals surface area contributed by atoms with Crippen LogP contribution in [0, 0.1) is 0 Å². The molecule has 2 nitrogen and oxygen atoms in total. The molecule has 0 aliphatic carbocycles. The molecule has 1 aromatic carbocycles. The molecule has 2 rings (SSSR count). The summed E-state index contributed by atoms with van der Waals surface area (Å²) in [6, 6.07) is 9.92. The number of benzene rings is 1. The molecule has 0 spiro atoms. The highest BCUT2D eigenvalue weighted by Gasteiger charge is 2.03. The van der Waals surface area contributed by atoms with Gasteiger partial charge in [-0.2, -0.15) is 0 Å². The zero-order valence-electron chi connectivity index (χ0n) is 9.40. The van der Waals surface area contributed by atoms with Gasteiger partial charge in [0, 0.05) is 29.3 Å². The van der Waals surface area contributed by atoms with Crippen LogP contribution in [0.15, 0.2) is 47.2 Å². The smallest absolute Gasteiger partial charge is 0.0564 e. The van der Waals surface area contributed by atoms with Gasteiger partial charge in [-0.1, -0.05) is 23.7 Å². The van der Waals surface area contributed by atoms with Crippen LogP contribution in [0.3, 0.4) is 0 Å². The van der Waals surface area contributed by atoms with Gasteiger partial charge >= 0.3 is 0 Å². The molecule has 0 saturated heterocycles. The molecule has 1 heterocycles. The number of hydrogen-bond donors (Lipinski definition) is 0. The largest absolute Gasteiger partial charge is 0.369 e. The number of hydrogen-bond acceptors (Lipinski definition) is 2. The lowest BCUT2D eigenvalue weighted by molar-refractivity contribution is 0.917. The van der Waals surface area contributed by atoms with Crippen molar-refractivity contribution >= 4 is 33.2 Å². The van der Waals surface area contributed by atoms with E-state index in [-0.39, 0.29) is 0 Å². The summed E-state index contributed by atoms with van der Waals surface area (Å²) < 4.78 is 0.984. The molecular weight excluding hydrogens is 300 g/mol. The van der Waals surface area contributed by atoms with E-state index in [4.69, 9.17) is 11.6 Å². The fraction of sp³-hybridized carbons (Fsp3) is 0.154. The number of nitrogens with zero attached hydrogens (tertiary/aromatic N) is 2. The summed E-state index contributed by atoms with van der Waals surface area (Å²) in [5.41, 5.74) is 2.30. The molecule has 0 N–H and O–H groups in total. The van der Waals surface area contributed by atoms with Crippen molar-refractivity contribution < 1.29 is 0 Å². The molecule has 4 heteroatoms. The highest BCUT2D eigenvalue weighted by molar-refractivity contribution is 9.10. The van der Waals surface area contributed by atoms with Crippen molar-refractivity contribution in [3.05, 3.63) is 57.8 Å². The molecule has 0 saturated carbocycles. The summed E-state index contributed by atoms with van der Waals surface area (Å²) >= 11 is 9.27. The molecule has 0 aliphatic heterocycles. The monoisotopic (exact) mass is 310 g/mol. The van der Waals surface area contributed by atoms with Gasteiger partial charge in [0.25, 0.3) is 0 Å². The van der Waals surface area contributed by atoms with Gasteiger partial charge in [0.15, 0.2) is 0 Å². The van der Waals surface area contributed by atoms with Crippen LogP contribution in [0.2, 0.25) is 5.02 Å². The average Bonchev–Trinajstić information content (AvgIpc) is 2.32. The molecule has 0 amide bonds. The second kappa shape index (κ2) is 5.52. The van der Waals surface area contributed by atoms with Crippen molar-refractivity contribution in [2.24, 2.45) is 0 Å². The van der Waals surface area contributed by atoms with Gasteiger partial charge in [0.05, 0.1) is 11.9 Å². The molecule has 2 aromatic rings. The Balaban J connectivity index is 2.11. The lowest BCUT2D eigenvalue weighted by atomic mass is 10.2. The predicted molar refractivity (Wildman–Crippen MR) is 75.5 cm³/mol. The van der Waals surface area contributed by atoms with Crippen molar-refractivity contribution in [2.75, 3.05) is 11.9 Å². The SMILES string of the molecule is CN(Cc1ccc(Cl)cc1)c1cncc(Br)c1. The van der Waals surface area contributed by atoms with E-state index < -0.39 is 0 Å². The number of halogens is 2. The number of pyridine rings is 1. The Bertz CT molecular complexity index is 499. The number of rotatable bonds is 3. The first-order valence-electron chi connectivity index (χ1n) is 5.21. The van der Waals surface area contributed by atoms with E-state index >= 15 is 0 Å². The van der Waals surface area contributed by atoms with E-state index in [0.29, 0.717) is 0 Å². The Morgan fingerprint density at radius 3 is 2.59 bits per heavy atom. The molecule has 0 aliphatic rings. The Labute approximate surface area is 114 Å². The van der Waals surface area contributed by atoms with Crippen LogP contribution >= 0.6 is 27.5 Å². The van der Waals surface area contributed by atoms with Crippen molar-refractivity contribution in [1.29, 1.82) is 0 Å². The standard InChI is InChI=1S/C13H12BrClN2/c1-17(13-6-11(14)7-16-8-13)9-10-2-4-12(15)5-3-10/h2-8H,9H2,1H3. The minimum atomic E-state index is 0.764. The third-order valence-corrected chi connectivity index (χ3v) is 3.15. The molecule has 0 unspecified atom stereocenters. The van der Waals surface area contributed by atoms with Crippen LogP contribution in [0.4, 0.5) is 5.69 Å². The minimum Gasteiger partial charge on any atom is -0.369 e. The Morgan fingerprint density at radius 1 is 1.24 bits per heavy atom. The highest BCUT2D eigenvalue weighted by atomic mass is 79.9. The maximum absolute atomic E-state index is 5.86. The Hall–Kier alpha value is -1.06. The van der Waals surface area contributed by atoms with Crippen molar-refractivity contribution in [3.63, 3.8) is 0 Å². The van der Waals surface area contributed by atoms with Crippen molar-refractivity contribution in [2.45, 2.75) is 6.54 Å². The Morgan fingerprint density at radius 2 is 1.94 bits per heavy atom. The lowest BCUT2D eigenvalue weighted by Gasteiger charge is -2.19. The van der Waals surface area contributed by atoms with Crippen LogP contribution in [-0.2, 0) is 6.54 Å². The predicted octanol–water partition coefficient (Wildman–Crippen LogP) is 4.13. The van der Waals surface area contributed by atoms with Crippen molar-refractivity contribution in [1.82, 2.24) is 4.98 Å². The number of aromatic nitrogens is 1. The normalized spacial score (nSPS) is 10.3. The third-order valence-electron chi connectivity index (χ3n) is 2.46. The van der Waals surface area contributed by atoms with Gasteiger partial charge in [0.1, 0.15) is 0 Å². The molecule has 17 heavy (non-hydrogen) atoms. The van der Waals surface area contributed by atoms with E-state index in [0.717, 1.165) is 21.7 Å². The second-order valence-electron chi connectivity index (χ2n) is 3.84. The zero-order chi connectivity index (χ0) is 12.3. The fourth-order valence-electron chi connectivity index (χ4n) is 1.56. The fourth-order valence-corrected chi connectivity index (χ4v) is 2.04. The maximum Gasteiger partial charge on any atom is 0.0564 e. The van der Waals surface area contributed by atoms with Crippen LogP contribution in [0.25, 0.3) is 0 Å². The van der Waals surface area contributed by atoms with Gasteiger partial charge in [-0.15, -0.1) is 0 Å². The molecule has 88 valence electrons. The zero-order valence-corrected chi connectivity index (χ0v) is 11.7. The molecule has 0 bridgehead atoms. The summed E-state index contributed by atoms with van der Waals surface area (Å²) in [6.45, 7) is 0.829. The van der Waals surface area contributed by atoms with Gasteiger partial charge < -0.3 is 4.90 Å². The quantitative estimate of drug-likeness (QED) is 0.847. The number of anilines is 1. The summed E-state index contributed by atoms with van der Waals surface area (Å²) in [6.07, 6.45) is 3.63.